The minimum absolute atomic E-state index is 1.04. The summed E-state index contributed by atoms with van der Waals surface area (Å²) in [5, 5.41) is 0. The Hall–Kier alpha value is -1.99. The highest BCUT2D eigenvalue weighted by Gasteiger charge is 2.11. The van der Waals surface area contributed by atoms with Crippen LogP contribution >= 0.6 is 12.6 Å². The molecule has 1 heteroatoms. The molecule has 3 aromatic carbocycles. The lowest BCUT2D eigenvalue weighted by Gasteiger charge is -2.14. The van der Waals surface area contributed by atoms with Crippen molar-refractivity contribution >= 4 is 12.6 Å². The number of hydrogen-bond donors (Lipinski definition) is 1. The number of aryl methyl sites for hydroxylation is 1. The molecule has 3 aromatic rings. The van der Waals surface area contributed by atoms with Gasteiger partial charge >= 0.3 is 0 Å². The number of thiol groups is 1. The molecule has 104 valence electrons. The summed E-state index contributed by atoms with van der Waals surface area (Å²) in [4.78, 5) is 1.04. The molecule has 0 aliphatic heterocycles. The lowest BCUT2D eigenvalue weighted by atomic mass is 9.94. The van der Waals surface area contributed by atoms with Gasteiger partial charge in [0, 0.05) is 4.90 Å². The van der Waals surface area contributed by atoms with E-state index in [1.54, 1.807) is 0 Å². The normalized spacial score (nSPS) is 10.6. The standard InChI is InChI=1S/C20H18S/c1-14-8-6-11-17(15(14)2)19-13-7-12-18(20(19)21)16-9-4-3-5-10-16/h3-13,21H,1-2H3. The van der Waals surface area contributed by atoms with Crippen molar-refractivity contribution in [3.05, 3.63) is 77.9 Å². The van der Waals surface area contributed by atoms with E-state index in [2.05, 4.69) is 74.5 Å². The van der Waals surface area contributed by atoms with Crippen LogP contribution in [0.2, 0.25) is 0 Å². The van der Waals surface area contributed by atoms with E-state index in [1.165, 1.54) is 33.4 Å². The third-order valence-electron chi connectivity index (χ3n) is 4.02. The fourth-order valence-electron chi connectivity index (χ4n) is 2.65. The monoisotopic (exact) mass is 290 g/mol. The fourth-order valence-corrected chi connectivity index (χ4v) is 3.05. The van der Waals surface area contributed by atoms with E-state index < -0.39 is 0 Å². The molecule has 21 heavy (non-hydrogen) atoms. The zero-order valence-corrected chi connectivity index (χ0v) is 13.2. The second kappa shape index (κ2) is 5.79. The van der Waals surface area contributed by atoms with Crippen molar-refractivity contribution in [2.45, 2.75) is 18.7 Å². The van der Waals surface area contributed by atoms with E-state index in [0.717, 1.165) is 4.90 Å². The number of hydrogen-bond acceptors (Lipinski definition) is 1. The Balaban J connectivity index is 2.20. The van der Waals surface area contributed by atoms with E-state index in [4.69, 9.17) is 12.6 Å². The first-order valence-corrected chi connectivity index (χ1v) is 7.57. The number of benzene rings is 3. The molecule has 0 radical (unpaired) electrons. The Kier molecular flexibility index (Phi) is 3.85. The molecule has 3 rings (SSSR count). The molecular formula is C20H18S. The third kappa shape index (κ3) is 2.62. The molecule has 0 amide bonds. The van der Waals surface area contributed by atoms with Gasteiger partial charge in [-0.25, -0.2) is 0 Å². The molecule has 0 aliphatic rings. The van der Waals surface area contributed by atoms with E-state index >= 15 is 0 Å². The topological polar surface area (TPSA) is 0 Å². The highest BCUT2D eigenvalue weighted by Crippen LogP contribution is 2.36. The Morgan fingerprint density at radius 1 is 0.619 bits per heavy atom. The zero-order valence-electron chi connectivity index (χ0n) is 12.3. The second-order valence-corrected chi connectivity index (χ2v) is 5.76. The minimum Gasteiger partial charge on any atom is -0.142 e. The molecule has 0 saturated heterocycles. The zero-order chi connectivity index (χ0) is 14.8. The van der Waals surface area contributed by atoms with Gasteiger partial charge in [-0.05, 0) is 47.2 Å². The summed E-state index contributed by atoms with van der Waals surface area (Å²) in [6.07, 6.45) is 0. The van der Waals surface area contributed by atoms with E-state index in [-0.39, 0.29) is 0 Å². The van der Waals surface area contributed by atoms with Crippen LogP contribution in [0, 0.1) is 13.8 Å². The summed E-state index contributed by atoms with van der Waals surface area (Å²) in [5.74, 6) is 0. The highest BCUT2D eigenvalue weighted by atomic mass is 32.1. The predicted octanol–water partition coefficient (Wildman–Crippen LogP) is 5.93. The summed E-state index contributed by atoms with van der Waals surface area (Å²) in [6, 6.07) is 23.2. The molecule has 0 bridgehead atoms. The smallest absolute Gasteiger partial charge is 0.0197 e. The van der Waals surface area contributed by atoms with Crippen molar-refractivity contribution < 1.29 is 0 Å². The summed E-state index contributed by atoms with van der Waals surface area (Å²) in [5.41, 5.74) is 7.47. The van der Waals surface area contributed by atoms with Gasteiger partial charge in [-0.2, -0.15) is 0 Å². The van der Waals surface area contributed by atoms with Crippen molar-refractivity contribution in [1.29, 1.82) is 0 Å². The van der Waals surface area contributed by atoms with Gasteiger partial charge in [0.15, 0.2) is 0 Å². The molecule has 0 fully saturated rings. The Morgan fingerprint density at radius 2 is 1.24 bits per heavy atom. The molecule has 0 saturated carbocycles. The predicted molar refractivity (Wildman–Crippen MR) is 94.0 cm³/mol. The number of rotatable bonds is 2. The van der Waals surface area contributed by atoms with Gasteiger partial charge in [0.25, 0.3) is 0 Å². The van der Waals surface area contributed by atoms with Crippen molar-refractivity contribution in [1.82, 2.24) is 0 Å². The molecule has 0 heterocycles. The van der Waals surface area contributed by atoms with Crippen LogP contribution in [0.4, 0.5) is 0 Å². The second-order valence-electron chi connectivity index (χ2n) is 5.32. The van der Waals surface area contributed by atoms with Crippen LogP contribution in [0.1, 0.15) is 11.1 Å². The largest absolute Gasteiger partial charge is 0.142 e. The van der Waals surface area contributed by atoms with Crippen LogP contribution in [0.25, 0.3) is 22.3 Å². The summed E-state index contributed by atoms with van der Waals surface area (Å²) < 4.78 is 0. The van der Waals surface area contributed by atoms with Crippen molar-refractivity contribution in [3.63, 3.8) is 0 Å². The van der Waals surface area contributed by atoms with Gasteiger partial charge in [0.2, 0.25) is 0 Å². The van der Waals surface area contributed by atoms with Crippen LogP contribution in [0.3, 0.4) is 0 Å². The first-order chi connectivity index (χ1) is 10.2. The third-order valence-corrected chi connectivity index (χ3v) is 4.50. The molecule has 0 spiro atoms. The maximum atomic E-state index is 4.82. The average Bonchev–Trinajstić information content (AvgIpc) is 2.52. The van der Waals surface area contributed by atoms with E-state index in [9.17, 15) is 0 Å². The molecule has 0 unspecified atom stereocenters. The van der Waals surface area contributed by atoms with Crippen molar-refractivity contribution in [3.8, 4) is 22.3 Å². The van der Waals surface area contributed by atoms with Gasteiger partial charge in [0.05, 0.1) is 0 Å². The summed E-state index contributed by atoms with van der Waals surface area (Å²) in [6.45, 7) is 4.32. The first-order valence-electron chi connectivity index (χ1n) is 7.12. The Labute approximate surface area is 131 Å². The van der Waals surface area contributed by atoms with Gasteiger partial charge in [0.1, 0.15) is 0 Å². The Morgan fingerprint density at radius 3 is 2.00 bits per heavy atom. The SMILES string of the molecule is Cc1cccc(-c2cccc(-c3ccccc3)c2S)c1C. The average molecular weight is 290 g/mol. The van der Waals surface area contributed by atoms with Crippen LogP contribution in [-0.2, 0) is 0 Å². The van der Waals surface area contributed by atoms with Gasteiger partial charge in [-0.3, -0.25) is 0 Å². The van der Waals surface area contributed by atoms with Gasteiger partial charge in [-0.1, -0.05) is 66.7 Å². The van der Waals surface area contributed by atoms with Crippen LogP contribution in [-0.4, -0.2) is 0 Å². The molecule has 0 aromatic heterocycles. The van der Waals surface area contributed by atoms with Crippen molar-refractivity contribution in [2.24, 2.45) is 0 Å². The molecule has 0 atom stereocenters. The maximum absolute atomic E-state index is 4.82. The Bertz CT molecular complexity index is 773. The van der Waals surface area contributed by atoms with Crippen molar-refractivity contribution in [2.75, 3.05) is 0 Å². The van der Waals surface area contributed by atoms with Crippen LogP contribution in [0.15, 0.2) is 71.6 Å². The molecule has 0 aliphatic carbocycles. The lowest BCUT2D eigenvalue weighted by molar-refractivity contribution is 1.32. The van der Waals surface area contributed by atoms with Crippen LogP contribution < -0.4 is 0 Å². The molecule has 0 N–H and O–H groups in total. The summed E-state index contributed by atoms with van der Waals surface area (Å²) >= 11 is 4.82. The maximum Gasteiger partial charge on any atom is 0.0197 e. The fraction of sp³-hybridized carbons (Fsp3) is 0.100. The van der Waals surface area contributed by atoms with Crippen LogP contribution in [0.5, 0.6) is 0 Å². The minimum atomic E-state index is 1.04. The van der Waals surface area contributed by atoms with E-state index in [0.29, 0.717) is 0 Å². The highest BCUT2D eigenvalue weighted by molar-refractivity contribution is 7.80. The van der Waals surface area contributed by atoms with E-state index in [1.807, 2.05) is 6.07 Å². The first kappa shape index (κ1) is 14.0. The molecular weight excluding hydrogens is 272 g/mol. The summed E-state index contributed by atoms with van der Waals surface area (Å²) in [7, 11) is 0. The van der Waals surface area contributed by atoms with Gasteiger partial charge in [-0.15, -0.1) is 12.6 Å². The molecule has 0 nitrogen and oxygen atoms in total. The quantitative estimate of drug-likeness (QED) is 0.556. The lowest BCUT2D eigenvalue weighted by Crippen LogP contribution is -1.90. The van der Waals surface area contributed by atoms with Gasteiger partial charge < -0.3 is 0 Å².